The number of hydrogen-bond acceptors (Lipinski definition) is 4. The highest BCUT2D eigenvalue weighted by Gasteiger charge is 2.16. The summed E-state index contributed by atoms with van der Waals surface area (Å²) in [6, 6.07) is 1.85. The van der Waals surface area contributed by atoms with Crippen molar-refractivity contribution in [3.63, 3.8) is 0 Å². The molecule has 1 unspecified atom stereocenters. The molecule has 1 heterocycles. The number of nitrogens with zero attached hydrogens (tertiary/aromatic N) is 1. The minimum Gasteiger partial charge on any atom is -0.437 e. The predicted octanol–water partition coefficient (Wildman–Crippen LogP) is 2.00. The summed E-state index contributed by atoms with van der Waals surface area (Å²) >= 11 is 5.79. The number of aromatic nitrogens is 1. The first-order valence-corrected chi connectivity index (χ1v) is 5.11. The molecular weight excluding hydrogens is 235 g/mol. The zero-order valence-corrected chi connectivity index (χ0v) is 9.04. The monoisotopic (exact) mass is 244 g/mol. The number of fused-ring (bicyclic) bond motifs is 1. The van der Waals surface area contributed by atoms with Gasteiger partial charge in [-0.15, -0.1) is 0 Å². The zero-order chi connectivity index (χ0) is 11.7. The Morgan fingerprint density at radius 3 is 3.00 bits per heavy atom. The molecule has 0 saturated carbocycles. The maximum Gasteiger partial charge on any atom is 0.212 e. The Morgan fingerprint density at radius 2 is 2.31 bits per heavy atom. The van der Waals surface area contributed by atoms with Crippen molar-refractivity contribution in [2.75, 3.05) is 6.61 Å². The van der Waals surface area contributed by atoms with E-state index in [-0.39, 0.29) is 17.5 Å². The SMILES string of the molecule is NC(CCO)c1nc2cc(F)cc(Cl)c2o1. The second-order valence-electron chi connectivity index (χ2n) is 3.41. The summed E-state index contributed by atoms with van der Waals surface area (Å²) in [5, 5.41) is 8.89. The van der Waals surface area contributed by atoms with Crippen molar-refractivity contribution >= 4 is 22.7 Å². The van der Waals surface area contributed by atoms with Crippen LogP contribution in [-0.4, -0.2) is 16.7 Å². The molecule has 0 aliphatic carbocycles. The number of oxazole rings is 1. The lowest BCUT2D eigenvalue weighted by atomic mass is 10.2. The molecule has 0 aliphatic rings. The van der Waals surface area contributed by atoms with Crippen LogP contribution in [0.2, 0.25) is 5.02 Å². The van der Waals surface area contributed by atoms with Crippen LogP contribution in [0.3, 0.4) is 0 Å². The Bertz CT molecular complexity index is 515. The van der Waals surface area contributed by atoms with Gasteiger partial charge in [0.15, 0.2) is 5.58 Å². The first-order chi connectivity index (χ1) is 7.61. The third kappa shape index (κ3) is 2.02. The fourth-order valence-corrected chi connectivity index (χ4v) is 1.64. The van der Waals surface area contributed by atoms with E-state index in [9.17, 15) is 4.39 Å². The molecule has 2 rings (SSSR count). The number of benzene rings is 1. The Morgan fingerprint density at radius 1 is 1.56 bits per heavy atom. The van der Waals surface area contributed by atoms with Crippen LogP contribution in [0.4, 0.5) is 4.39 Å². The molecular formula is C10H10ClFN2O2. The zero-order valence-electron chi connectivity index (χ0n) is 8.28. The largest absolute Gasteiger partial charge is 0.437 e. The number of nitrogens with two attached hydrogens (primary N) is 1. The second kappa shape index (κ2) is 4.37. The molecule has 3 N–H and O–H groups in total. The summed E-state index contributed by atoms with van der Waals surface area (Å²) in [5.41, 5.74) is 6.34. The van der Waals surface area contributed by atoms with E-state index in [2.05, 4.69) is 4.98 Å². The average Bonchev–Trinajstić information content (AvgIpc) is 2.62. The first-order valence-electron chi connectivity index (χ1n) is 4.73. The second-order valence-corrected chi connectivity index (χ2v) is 3.81. The van der Waals surface area contributed by atoms with Gasteiger partial charge in [0.25, 0.3) is 0 Å². The Hall–Kier alpha value is -1.17. The van der Waals surface area contributed by atoms with Crippen LogP contribution in [0, 0.1) is 5.82 Å². The Kier molecular flexibility index (Phi) is 3.09. The van der Waals surface area contributed by atoms with E-state index in [1.54, 1.807) is 0 Å². The molecule has 1 aromatic heterocycles. The first kappa shape index (κ1) is 11.3. The van der Waals surface area contributed by atoms with Crippen LogP contribution in [-0.2, 0) is 0 Å². The van der Waals surface area contributed by atoms with Crippen molar-refractivity contribution in [2.24, 2.45) is 5.73 Å². The minimum absolute atomic E-state index is 0.0675. The van der Waals surface area contributed by atoms with Crippen LogP contribution in [0.1, 0.15) is 18.4 Å². The van der Waals surface area contributed by atoms with Gasteiger partial charge in [-0.25, -0.2) is 9.37 Å². The van der Waals surface area contributed by atoms with E-state index in [1.165, 1.54) is 6.07 Å². The highest BCUT2D eigenvalue weighted by molar-refractivity contribution is 6.34. The van der Waals surface area contributed by atoms with Gasteiger partial charge in [-0.3, -0.25) is 0 Å². The quantitative estimate of drug-likeness (QED) is 0.866. The molecule has 0 spiro atoms. The van der Waals surface area contributed by atoms with Gasteiger partial charge in [0.2, 0.25) is 5.89 Å². The normalized spacial score (nSPS) is 13.2. The number of rotatable bonds is 3. The molecule has 4 nitrogen and oxygen atoms in total. The van der Waals surface area contributed by atoms with Gasteiger partial charge >= 0.3 is 0 Å². The van der Waals surface area contributed by atoms with Crippen molar-refractivity contribution in [1.29, 1.82) is 0 Å². The van der Waals surface area contributed by atoms with Gasteiger partial charge in [-0.1, -0.05) is 11.6 Å². The van der Waals surface area contributed by atoms with Crippen LogP contribution in [0.5, 0.6) is 0 Å². The van der Waals surface area contributed by atoms with Gasteiger partial charge in [-0.2, -0.15) is 0 Å². The Balaban J connectivity index is 2.47. The van der Waals surface area contributed by atoms with Gasteiger partial charge in [-0.05, 0) is 12.5 Å². The Labute approximate surface area is 95.8 Å². The average molecular weight is 245 g/mol. The predicted molar refractivity (Wildman–Crippen MR) is 57.6 cm³/mol. The van der Waals surface area contributed by atoms with E-state index in [4.69, 9.17) is 26.9 Å². The van der Waals surface area contributed by atoms with Gasteiger partial charge < -0.3 is 15.3 Å². The van der Waals surface area contributed by atoms with E-state index in [0.717, 1.165) is 6.07 Å². The summed E-state index contributed by atoms with van der Waals surface area (Å²) in [4.78, 5) is 4.03. The highest BCUT2D eigenvalue weighted by Crippen LogP contribution is 2.27. The molecule has 0 aliphatic heterocycles. The minimum atomic E-state index is -0.517. The van der Waals surface area contributed by atoms with Crippen molar-refractivity contribution in [1.82, 2.24) is 4.98 Å². The summed E-state index contributed by atoms with van der Waals surface area (Å²) in [5.74, 6) is -0.232. The maximum absolute atomic E-state index is 13.0. The molecule has 86 valence electrons. The van der Waals surface area contributed by atoms with Crippen LogP contribution in [0.25, 0.3) is 11.1 Å². The number of aliphatic hydroxyl groups is 1. The third-order valence-electron chi connectivity index (χ3n) is 2.18. The number of hydrogen-bond donors (Lipinski definition) is 2. The van der Waals surface area contributed by atoms with Gasteiger partial charge in [0.05, 0.1) is 11.1 Å². The lowest BCUT2D eigenvalue weighted by molar-refractivity contribution is 0.268. The fraction of sp³-hybridized carbons (Fsp3) is 0.300. The molecule has 6 heteroatoms. The van der Waals surface area contributed by atoms with E-state index in [1.807, 2.05) is 0 Å². The van der Waals surface area contributed by atoms with Gasteiger partial charge in [0, 0.05) is 12.7 Å². The van der Waals surface area contributed by atoms with Crippen LogP contribution >= 0.6 is 11.6 Å². The third-order valence-corrected chi connectivity index (χ3v) is 2.46. The molecule has 0 radical (unpaired) electrons. The molecule has 2 aromatic rings. The summed E-state index contributed by atoms with van der Waals surface area (Å²) in [6.07, 6.45) is 0.326. The molecule has 1 aromatic carbocycles. The molecule has 1 atom stereocenters. The van der Waals surface area contributed by atoms with Crippen LogP contribution < -0.4 is 5.73 Å². The highest BCUT2D eigenvalue weighted by atomic mass is 35.5. The molecule has 16 heavy (non-hydrogen) atoms. The molecule has 0 saturated heterocycles. The number of halogens is 2. The van der Waals surface area contributed by atoms with E-state index >= 15 is 0 Å². The summed E-state index contributed by atoms with van der Waals surface area (Å²) < 4.78 is 18.3. The summed E-state index contributed by atoms with van der Waals surface area (Å²) in [7, 11) is 0. The standard InChI is InChI=1S/C10H10ClFN2O2/c11-6-3-5(12)4-8-9(6)16-10(14-8)7(13)1-2-15/h3-4,7,15H,1-2,13H2. The van der Waals surface area contributed by atoms with E-state index in [0.29, 0.717) is 17.5 Å². The van der Waals surface area contributed by atoms with Crippen LogP contribution in [0.15, 0.2) is 16.5 Å². The maximum atomic E-state index is 13.0. The molecule has 0 fully saturated rings. The lowest BCUT2D eigenvalue weighted by Crippen LogP contribution is -2.11. The smallest absolute Gasteiger partial charge is 0.212 e. The van der Waals surface area contributed by atoms with Crippen molar-refractivity contribution in [3.05, 3.63) is 28.9 Å². The lowest BCUT2D eigenvalue weighted by Gasteiger charge is -2.02. The number of aliphatic hydroxyl groups excluding tert-OH is 1. The molecule has 0 amide bonds. The van der Waals surface area contributed by atoms with Crippen molar-refractivity contribution in [3.8, 4) is 0 Å². The summed E-state index contributed by atoms with van der Waals surface area (Å²) in [6.45, 7) is -0.0675. The fourth-order valence-electron chi connectivity index (χ4n) is 1.40. The topological polar surface area (TPSA) is 72.3 Å². The molecule has 0 bridgehead atoms. The van der Waals surface area contributed by atoms with Gasteiger partial charge in [0.1, 0.15) is 11.3 Å². The van der Waals surface area contributed by atoms with Crippen molar-refractivity contribution in [2.45, 2.75) is 12.5 Å². The van der Waals surface area contributed by atoms with E-state index < -0.39 is 11.9 Å². The van der Waals surface area contributed by atoms with Crippen molar-refractivity contribution < 1.29 is 13.9 Å².